The van der Waals surface area contributed by atoms with Crippen LogP contribution in [0.4, 0.5) is 0 Å². The number of fused-ring (bicyclic) bond motifs is 1. The highest BCUT2D eigenvalue weighted by molar-refractivity contribution is 8.00. The summed E-state index contributed by atoms with van der Waals surface area (Å²) in [6.45, 7) is 7.91. The molecule has 0 N–H and O–H groups in total. The van der Waals surface area contributed by atoms with Crippen LogP contribution >= 0.6 is 23.1 Å². The normalized spacial score (nSPS) is 11.5. The minimum absolute atomic E-state index is 0.0760. The van der Waals surface area contributed by atoms with Crippen molar-refractivity contribution in [2.75, 3.05) is 26.8 Å². The Morgan fingerprint density at radius 3 is 2.82 bits per heavy atom. The maximum atomic E-state index is 13.3. The monoisotopic (exact) mass is 418 g/mol. The molecule has 0 radical (unpaired) electrons. The molecule has 1 amide bonds. The highest BCUT2D eigenvalue weighted by atomic mass is 32.2. The second-order valence-electron chi connectivity index (χ2n) is 7.09. The van der Waals surface area contributed by atoms with E-state index in [0.717, 1.165) is 26.6 Å². The van der Waals surface area contributed by atoms with E-state index in [1.807, 2.05) is 41.5 Å². The minimum Gasteiger partial charge on any atom is -0.451 e. The van der Waals surface area contributed by atoms with Crippen molar-refractivity contribution in [1.82, 2.24) is 9.88 Å². The Morgan fingerprint density at radius 1 is 1.36 bits per heavy atom. The number of amides is 1. The summed E-state index contributed by atoms with van der Waals surface area (Å²) in [7, 11) is 1.65. The smallest absolute Gasteiger partial charge is 0.290 e. The number of thiazole rings is 1. The Balaban J connectivity index is 1.92. The molecule has 7 heteroatoms. The molecule has 0 unspecified atom stereocenters. The lowest BCUT2D eigenvalue weighted by molar-refractivity contribution is 0.0642. The Labute approximate surface area is 174 Å². The summed E-state index contributed by atoms with van der Waals surface area (Å²) in [6.07, 6.45) is 0. The first-order valence-electron chi connectivity index (χ1n) is 9.33. The molecule has 1 aromatic carbocycles. The van der Waals surface area contributed by atoms with Gasteiger partial charge in [0.2, 0.25) is 0 Å². The molecule has 150 valence electrons. The number of benzene rings is 1. The number of carbonyl (C=O) groups is 1. The van der Waals surface area contributed by atoms with Gasteiger partial charge < -0.3 is 14.1 Å². The second kappa shape index (κ2) is 9.58. The first-order valence-corrected chi connectivity index (χ1v) is 11.2. The number of ether oxygens (including phenoxy) is 1. The molecule has 0 bridgehead atoms. The summed E-state index contributed by atoms with van der Waals surface area (Å²) in [5.74, 6) is 1.36. The number of furan rings is 1. The number of aryl methyl sites for hydroxylation is 1. The van der Waals surface area contributed by atoms with E-state index >= 15 is 0 Å². The molecule has 3 rings (SSSR count). The standard InChI is InChI=1S/C21H26N2O3S2/c1-14(2)11-23(9-10-25-4)20(24)19-17(13-28-21-22-15(3)12-27-21)16-7-5-6-8-18(16)26-19/h5-8,12,14H,9-11,13H2,1-4H3. The van der Waals surface area contributed by atoms with E-state index in [-0.39, 0.29) is 5.91 Å². The van der Waals surface area contributed by atoms with Gasteiger partial charge in [-0.1, -0.05) is 43.8 Å². The zero-order valence-electron chi connectivity index (χ0n) is 16.7. The maximum Gasteiger partial charge on any atom is 0.290 e. The molecule has 2 aromatic heterocycles. The highest BCUT2D eigenvalue weighted by Crippen LogP contribution is 2.33. The Kier molecular flexibility index (Phi) is 7.15. The number of methoxy groups -OCH3 is 1. The van der Waals surface area contributed by atoms with Crippen LogP contribution in [-0.4, -0.2) is 42.6 Å². The summed E-state index contributed by atoms with van der Waals surface area (Å²) in [5, 5.41) is 3.03. The minimum atomic E-state index is -0.0760. The first-order chi connectivity index (χ1) is 13.5. The van der Waals surface area contributed by atoms with Gasteiger partial charge in [0.25, 0.3) is 5.91 Å². The van der Waals surface area contributed by atoms with Gasteiger partial charge in [0.15, 0.2) is 5.76 Å². The molecule has 28 heavy (non-hydrogen) atoms. The maximum absolute atomic E-state index is 13.3. The molecule has 0 atom stereocenters. The van der Waals surface area contributed by atoms with Crippen molar-refractivity contribution >= 4 is 40.0 Å². The number of carbonyl (C=O) groups excluding carboxylic acids is 1. The zero-order valence-corrected chi connectivity index (χ0v) is 18.4. The molecule has 0 fully saturated rings. The SMILES string of the molecule is COCCN(CC(C)C)C(=O)c1oc2ccccc2c1CSc1nc(C)cs1. The second-order valence-corrected chi connectivity index (χ2v) is 9.17. The van der Waals surface area contributed by atoms with Gasteiger partial charge in [0.05, 0.1) is 6.61 Å². The summed E-state index contributed by atoms with van der Waals surface area (Å²) < 4.78 is 12.2. The number of hydrogen-bond acceptors (Lipinski definition) is 6. The average molecular weight is 419 g/mol. The fourth-order valence-electron chi connectivity index (χ4n) is 3.01. The van der Waals surface area contributed by atoms with Crippen LogP contribution in [0.2, 0.25) is 0 Å². The van der Waals surface area contributed by atoms with Crippen molar-refractivity contribution in [1.29, 1.82) is 0 Å². The van der Waals surface area contributed by atoms with E-state index in [0.29, 0.717) is 37.1 Å². The number of aromatic nitrogens is 1. The van der Waals surface area contributed by atoms with Gasteiger partial charge in [-0.15, -0.1) is 11.3 Å². The Hall–Kier alpha value is -1.83. The lowest BCUT2D eigenvalue weighted by atomic mass is 10.1. The zero-order chi connectivity index (χ0) is 20.1. The van der Waals surface area contributed by atoms with Crippen LogP contribution in [0.3, 0.4) is 0 Å². The van der Waals surface area contributed by atoms with E-state index in [1.165, 1.54) is 0 Å². The molecular formula is C21H26N2O3S2. The van der Waals surface area contributed by atoms with Crippen LogP contribution in [0.5, 0.6) is 0 Å². The van der Waals surface area contributed by atoms with Gasteiger partial charge in [-0.2, -0.15) is 0 Å². The number of nitrogens with zero attached hydrogens (tertiary/aromatic N) is 2. The third-order valence-corrected chi connectivity index (χ3v) is 6.43. The summed E-state index contributed by atoms with van der Waals surface area (Å²) in [6, 6.07) is 7.83. The highest BCUT2D eigenvalue weighted by Gasteiger charge is 2.26. The van der Waals surface area contributed by atoms with Crippen LogP contribution in [0.1, 0.15) is 35.7 Å². The Morgan fingerprint density at radius 2 is 2.14 bits per heavy atom. The fourth-order valence-corrected chi connectivity index (χ4v) is 4.89. The van der Waals surface area contributed by atoms with Gasteiger partial charge in [0.1, 0.15) is 9.92 Å². The Bertz CT molecular complexity index is 933. The molecule has 3 aromatic rings. The summed E-state index contributed by atoms with van der Waals surface area (Å²) in [4.78, 5) is 19.7. The number of para-hydroxylation sites is 1. The summed E-state index contributed by atoms with van der Waals surface area (Å²) >= 11 is 3.27. The third kappa shape index (κ3) is 4.96. The molecular weight excluding hydrogens is 392 g/mol. The first kappa shape index (κ1) is 20.9. The molecule has 0 aliphatic carbocycles. The fraction of sp³-hybridized carbons (Fsp3) is 0.429. The van der Waals surface area contributed by atoms with Gasteiger partial charge in [-0.3, -0.25) is 4.79 Å². The molecule has 0 saturated carbocycles. The predicted molar refractivity (Wildman–Crippen MR) is 115 cm³/mol. The molecule has 2 heterocycles. The predicted octanol–water partition coefficient (Wildman–Crippen LogP) is 5.23. The van der Waals surface area contributed by atoms with Crippen LogP contribution in [0.15, 0.2) is 38.4 Å². The van der Waals surface area contributed by atoms with Crippen LogP contribution in [0.25, 0.3) is 11.0 Å². The van der Waals surface area contributed by atoms with Crippen LogP contribution < -0.4 is 0 Å². The largest absolute Gasteiger partial charge is 0.451 e. The molecule has 0 aliphatic rings. The van der Waals surface area contributed by atoms with E-state index in [2.05, 4.69) is 18.8 Å². The number of thioether (sulfide) groups is 1. The van der Waals surface area contributed by atoms with Crippen molar-refractivity contribution in [3.63, 3.8) is 0 Å². The van der Waals surface area contributed by atoms with Gasteiger partial charge in [-0.25, -0.2) is 4.98 Å². The van der Waals surface area contributed by atoms with Crippen molar-refractivity contribution in [2.24, 2.45) is 5.92 Å². The van der Waals surface area contributed by atoms with Gasteiger partial charge in [-0.05, 0) is 18.9 Å². The van der Waals surface area contributed by atoms with E-state index in [4.69, 9.17) is 9.15 Å². The third-order valence-electron chi connectivity index (χ3n) is 4.27. The number of rotatable bonds is 9. The van der Waals surface area contributed by atoms with E-state index in [9.17, 15) is 4.79 Å². The molecule has 5 nitrogen and oxygen atoms in total. The molecule has 0 spiro atoms. The lowest BCUT2D eigenvalue weighted by Gasteiger charge is -2.23. The molecule has 0 saturated heterocycles. The van der Waals surface area contributed by atoms with E-state index in [1.54, 1.807) is 30.2 Å². The van der Waals surface area contributed by atoms with Crippen molar-refractivity contribution in [3.05, 3.63) is 46.7 Å². The average Bonchev–Trinajstić information content (AvgIpc) is 3.25. The quantitative estimate of drug-likeness (QED) is 0.445. The van der Waals surface area contributed by atoms with Crippen LogP contribution in [-0.2, 0) is 10.5 Å². The van der Waals surface area contributed by atoms with Gasteiger partial charge >= 0.3 is 0 Å². The summed E-state index contributed by atoms with van der Waals surface area (Å²) in [5.41, 5.74) is 2.70. The lowest BCUT2D eigenvalue weighted by Crippen LogP contribution is -2.37. The van der Waals surface area contributed by atoms with E-state index < -0.39 is 0 Å². The topological polar surface area (TPSA) is 55.6 Å². The number of hydrogen-bond donors (Lipinski definition) is 0. The van der Waals surface area contributed by atoms with Crippen molar-refractivity contribution < 1.29 is 13.9 Å². The van der Waals surface area contributed by atoms with Crippen LogP contribution in [0, 0.1) is 12.8 Å². The van der Waals surface area contributed by atoms with Crippen molar-refractivity contribution in [3.8, 4) is 0 Å². The molecule has 0 aliphatic heterocycles. The van der Waals surface area contributed by atoms with Gasteiger partial charge in [0, 0.05) is 48.0 Å². The van der Waals surface area contributed by atoms with Crippen molar-refractivity contribution in [2.45, 2.75) is 30.9 Å².